The van der Waals surface area contributed by atoms with Crippen LogP contribution < -0.4 is 4.90 Å². The summed E-state index contributed by atoms with van der Waals surface area (Å²) in [4.78, 5) is 30.3. The molecule has 0 aromatic heterocycles. The van der Waals surface area contributed by atoms with Crippen molar-refractivity contribution in [3.8, 4) is 0 Å². The maximum atomic E-state index is 12.7. The Balaban J connectivity index is 1.52. The monoisotopic (exact) mass is 345 g/mol. The van der Waals surface area contributed by atoms with Crippen molar-refractivity contribution >= 4 is 17.5 Å². The third-order valence-corrected chi connectivity index (χ3v) is 5.32. The molecule has 0 N–H and O–H groups in total. The average Bonchev–Trinajstić information content (AvgIpc) is 3.06. The summed E-state index contributed by atoms with van der Waals surface area (Å²) in [7, 11) is 1.66. The molecule has 2 saturated heterocycles. The summed E-state index contributed by atoms with van der Waals surface area (Å²) in [5, 5.41) is 0. The Morgan fingerprint density at radius 3 is 2.32 bits per heavy atom. The van der Waals surface area contributed by atoms with Crippen molar-refractivity contribution in [3.63, 3.8) is 0 Å². The summed E-state index contributed by atoms with van der Waals surface area (Å²) in [6.45, 7) is 5.97. The van der Waals surface area contributed by atoms with Crippen LogP contribution in [0.5, 0.6) is 0 Å². The number of ether oxygens (including phenoxy) is 1. The van der Waals surface area contributed by atoms with E-state index >= 15 is 0 Å². The van der Waals surface area contributed by atoms with Gasteiger partial charge in [-0.3, -0.25) is 9.59 Å². The molecule has 0 spiro atoms. The van der Waals surface area contributed by atoms with Gasteiger partial charge in [-0.2, -0.15) is 0 Å². The molecule has 0 aliphatic carbocycles. The predicted molar refractivity (Wildman–Crippen MR) is 96.4 cm³/mol. The molecule has 2 heterocycles. The van der Waals surface area contributed by atoms with Crippen LogP contribution in [0.15, 0.2) is 30.3 Å². The minimum Gasteiger partial charge on any atom is -0.379 e. The van der Waals surface area contributed by atoms with E-state index in [1.54, 1.807) is 18.9 Å². The Morgan fingerprint density at radius 1 is 1.04 bits per heavy atom. The summed E-state index contributed by atoms with van der Waals surface area (Å²) >= 11 is 0. The molecule has 2 atom stereocenters. The molecule has 3 rings (SSSR count). The molecule has 1 aromatic rings. The Labute approximate surface area is 149 Å². The van der Waals surface area contributed by atoms with Gasteiger partial charge in [-0.25, -0.2) is 0 Å². The second-order valence-corrected chi connectivity index (χ2v) is 6.87. The molecule has 2 aliphatic rings. The van der Waals surface area contributed by atoms with Crippen LogP contribution in [0, 0.1) is 5.92 Å². The van der Waals surface area contributed by atoms with E-state index in [4.69, 9.17) is 4.74 Å². The zero-order chi connectivity index (χ0) is 17.8. The van der Waals surface area contributed by atoms with Crippen LogP contribution in [0.25, 0.3) is 0 Å². The highest BCUT2D eigenvalue weighted by Gasteiger charge is 2.36. The molecule has 0 radical (unpaired) electrons. The van der Waals surface area contributed by atoms with Crippen molar-refractivity contribution < 1.29 is 14.3 Å². The number of rotatable bonds is 4. The van der Waals surface area contributed by atoms with Gasteiger partial charge in [0.1, 0.15) is 0 Å². The smallest absolute Gasteiger partial charge is 0.223 e. The minimum atomic E-state index is -0.0431. The van der Waals surface area contributed by atoms with E-state index in [0.717, 1.165) is 26.2 Å². The topological polar surface area (TPSA) is 53.1 Å². The number of carbonyl (C=O) groups is 2. The van der Waals surface area contributed by atoms with Gasteiger partial charge in [0.2, 0.25) is 11.8 Å². The molecule has 0 saturated carbocycles. The largest absolute Gasteiger partial charge is 0.379 e. The molecule has 2 fully saturated rings. The second kappa shape index (κ2) is 7.87. The molecule has 2 amide bonds. The van der Waals surface area contributed by atoms with Gasteiger partial charge < -0.3 is 19.4 Å². The average molecular weight is 345 g/mol. The maximum absolute atomic E-state index is 12.7. The maximum Gasteiger partial charge on any atom is 0.223 e. The molecular formula is C19H27N3O3. The molecular weight excluding hydrogens is 318 g/mol. The van der Waals surface area contributed by atoms with Crippen molar-refractivity contribution in [1.29, 1.82) is 0 Å². The first-order valence-electron chi connectivity index (χ1n) is 8.94. The number of benzene rings is 1. The van der Waals surface area contributed by atoms with Crippen molar-refractivity contribution in [2.45, 2.75) is 19.4 Å². The normalized spacial score (nSPS) is 23.8. The van der Waals surface area contributed by atoms with Crippen LogP contribution in [0.4, 0.5) is 5.69 Å². The van der Waals surface area contributed by atoms with Crippen LogP contribution in [-0.4, -0.2) is 74.1 Å². The molecule has 1 aromatic carbocycles. The number of likely N-dealkylation sites (tertiary alicyclic amines) is 1. The molecule has 25 heavy (non-hydrogen) atoms. The lowest BCUT2D eigenvalue weighted by Gasteiger charge is -2.36. The first kappa shape index (κ1) is 17.7. The fourth-order valence-electron chi connectivity index (χ4n) is 3.77. The molecule has 6 heteroatoms. The number of piperazine rings is 1. The summed E-state index contributed by atoms with van der Waals surface area (Å²) in [5.74, 6) is 0.312. The third kappa shape index (κ3) is 4.12. The van der Waals surface area contributed by atoms with E-state index in [2.05, 4.69) is 17.0 Å². The van der Waals surface area contributed by atoms with Gasteiger partial charge in [-0.15, -0.1) is 0 Å². The lowest BCUT2D eigenvalue weighted by molar-refractivity contribution is -0.133. The summed E-state index contributed by atoms with van der Waals surface area (Å²) in [5.41, 5.74) is 1.21. The van der Waals surface area contributed by atoms with Gasteiger partial charge in [-0.1, -0.05) is 18.2 Å². The van der Waals surface area contributed by atoms with Crippen LogP contribution in [0.3, 0.4) is 0 Å². The first-order valence-corrected chi connectivity index (χ1v) is 8.94. The van der Waals surface area contributed by atoms with E-state index in [-0.39, 0.29) is 23.8 Å². The van der Waals surface area contributed by atoms with Crippen LogP contribution in [-0.2, 0) is 14.3 Å². The molecule has 136 valence electrons. The van der Waals surface area contributed by atoms with E-state index in [1.165, 1.54) is 5.69 Å². The SMILES string of the molecule is CO[C@H]1CN(C(C)=O)C[C@@H]1CC(=O)N1CCN(c2ccccc2)CC1. The van der Waals surface area contributed by atoms with Crippen molar-refractivity contribution in [2.75, 3.05) is 51.3 Å². The van der Waals surface area contributed by atoms with Gasteiger partial charge in [0, 0.05) is 71.3 Å². The van der Waals surface area contributed by atoms with Gasteiger partial charge in [0.05, 0.1) is 6.10 Å². The first-order chi connectivity index (χ1) is 12.1. The van der Waals surface area contributed by atoms with Crippen LogP contribution in [0.1, 0.15) is 13.3 Å². The Hall–Kier alpha value is -2.08. The number of anilines is 1. The Morgan fingerprint density at radius 2 is 1.72 bits per heavy atom. The van der Waals surface area contributed by atoms with Crippen LogP contribution >= 0.6 is 0 Å². The molecule has 2 aliphatic heterocycles. The Kier molecular flexibility index (Phi) is 5.58. The highest BCUT2D eigenvalue weighted by Crippen LogP contribution is 2.24. The summed E-state index contributed by atoms with van der Waals surface area (Å²) in [6, 6.07) is 10.3. The minimum absolute atomic E-state index is 0.0431. The highest BCUT2D eigenvalue weighted by atomic mass is 16.5. The van der Waals surface area contributed by atoms with E-state index < -0.39 is 0 Å². The predicted octanol–water partition coefficient (Wildman–Crippen LogP) is 1.22. The molecule has 6 nitrogen and oxygen atoms in total. The third-order valence-electron chi connectivity index (χ3n) is 5.32. The zero-order valence-electron chi connectivity index (χ0n) is 15.1. The fraction of sp³-hybridized carbons (Fsp3) is 0.579. The van der Waals surface area contributed by atoms with E-state index in [1.807, 2.05) is 23.1 Å². The van der Waals surface area contributed by atoms with Gasteiger partial charge in [0.15, 0.2) is 0 Å². The number of para-hydroxylation sites is 1. The number of hydrogen-bond acceptors (Lipinski definition) is 4. The summed E-state index contributed by atoms with van der Waals surface area (Å²) in [6.07, 6.45) is 0.409. The van der Waals surface area contributed by atoms with Crippen molar-refractivity contribution in [3.05, 3.63) is 30.3 Å². The Bertz CT molecular complexity index is 599. The van der Waals surface area contributed by atoms with Crippen LogP contribution in [0.2, 0.25) is 0 Å². The standard InChI is InChI=1S/C19H27N3O3/c1-15(23)22-13-16(18(14-22)25-2)12-19(24)21-10-8-20(9-11-21)17-6-4-3-5-7-17/h3-7,16,18H,8-14H2,1-2H3/t16-,18-/m0/s1. The quantitative estimate of drug-likeness (QED) is 0.823. The number of carbonyl (C=O) groups excluding carboxylic acids is 2. The van der Waals surface area contributed by atoms with Crippen molar-refractivity contribution in [1.82, 2.24) is 9.80 Å². The molecule has 0 bridgehead atoms. The van der Waals surface area contributed by atoms with E-state index in [0.29, 0.717) is 19.5 Å². The van der Waals surface area contributed by atoms with Gasteiger partial charge in [0.25, 0.3) is 0 Å². The number of nitrogens with zero attached hydrogens (tertiary/aromatic N) is 3. The van der Waals surface area contributed by atoms with Gasteiger partial charge in [-0.05, 0) is 12.1 Å². The number of methoxy groups -OCH3 is 1. The van der Waals surface area contributed by atoms with Gasteiger partial charge >= 0.3 is 0 Å². The zero-order valence-corrected chi connectivity index (χ0v) is 15.1. The highest BCUT2D eigenvalue weighted by molar-refractivity contribution is 5.77. The fourth-order valence-corrected chi connectivity index (χ4v) is 3.77. The van der Waals surface area contributed by atoms with E-state index in [9.17, 15) is 9.59 Å². The second-order valence-electron chi connectivity index (χ2n) is 6.87. The lowest BCUT2D eigenvalue weighted by Crippen LogP contribution is -2.49. The lowest BCUT2D eigenvalue weighted by atomic mass is 10.0. The van der Waals surface area contributed by atoms with Crippen molar-refractivity contribution in [2.24, 2.45) is 5.92 Å². The number of hydrogen-bond donors (Lipinski definition) is 0. The molecule has 0 unspecified atom stereocenters. The number of amides is 2. The summed E-state index contributed by atoms with van der Waals surface area (Å²) < 4.78 is 5.49.